The Labute approximate surface area is 119 Å². The molecule has 52 valence electrons. The van der Waals surface area contributed by atoms with Gasteiger partial charge in [-0.1, -0.05) is 0 Å². The van der Waals surface area contributed by atoms with Gasteiger partial charge < -0.3 is 35.6 Å². The van der Waals surface area contributed by atoms with Gasteiger partial charge in [0.2, 0.25) is 0 Å². The van der Waals surface area contributed by atoms with Crippen molar-refractivity contribution in [2.24, 2.45) is 0 Å². The molecule has 0 atom stereocenters. The molecule has 0 aliphatic carbocycles. The Kier molecular flexibility index (Phi) is 11.9. The zero-order chi connectivity index (χ0) is 7.28. The molecule has 0 aliphatic heterocycles. The molecule has 0 unspecified atom stereocenters. The Hall–Kier alpha value is 1.44. The summed E-state index contributed by atoms with van der Waals surface area (Å²) in [6.07, 6.45) is 0. The minimum atomic E-state index is 0. The van der Waals surface area contributed by atoms with Crippen LogP contribution in [0, 0.1) is 0 Å². The van der Waals surface area contributed by atoms with Gasteiger partial charge in [-0.3, -0.25) is 5.43 Å². The number of rotatable bonds is 0. The van der Waals surface area contributed by atoms with Crippen molar-refractivity contribution in [3.63, 3.8) is 0 Å². The third-order valence-electron chi connectivity index (χ3n) is 0.505. The van der Waals surface area contributed by atoms with Crippen molar-refractivity contribution in [1.82, 2.24) is 16.2 Å². The number of hydrogen-bond donors (Lipinski definition) is 3. The van der Waals surface area contributed by atoms with E-state index in [2.05, 4.69) is 53.2 Å². The van der Waals surface area contributed by atoms with Crippen molar-refractivity contribution in [3.05, 3.63) is 0 Å². The molecule has 0 bridgehead atoms. The normalized spacial score (nSPS) is 6.90. The Morgan fingerprint density at radius 3 is 2.10 bits per heavy atom. The Balaban J connectivity index is 0. The zero-order valence-electron chi connectivity index (χ0n) is 5.72. The first-order valence-corrected chi connectivity index (χ1v) is 3.34. The summed E-state index contributed by atoms with van der Waals surface area (Å²) in [5.41, 5.74) is 5.05. The van der Waals surface area contributed by atoms with Crippen LogP contribution in [0.15, 0.2) is 0 Å². The van der Waals surface area contributed by atoms with Crippen LogP contribution in [0.5, 0.6) is 0 Å². The van der Waals surface area contributed by atoms with Crippen molar-refractivity contribution in [1.29, 1.82) is 0 Å². The Morgan fingerprint density at radius 1 is 1.30 bits per heavy atom. The fraction of sp³-hybridized carbons (Fsp3) is 0.333. The summed E-state index contributed by atoms with van der Waals surface area (Å²) in [6.45, 7) is 0. The molecular weight excluding hydrogens is 213 g/mol. The molecule has 0 aromatic rings. The maximum Gasteiger partial charge on any atom is 1.00 e. The first kappa shape index (κ1) is 14.0. The molecule has 10 heavy (non-hydrogen) atoms. The van der Waals surface area contributed by atoms with Crippen molar-refractivity contribution < 1.29 is 51.4 Å². The first-order valence-electron chi connectivity index (χ1n) is 2.11. The SMILES string of the molecule is CNC(=S)NNC(=S)[S-].[K+]. The van der Waals surface area contributed by atoms with Crippen LogP contribution in [0.1, 0.15) is 0 Å². The van der Waals surface area contributed by atoms with E-state index in [0.717, 1.165) is 0 Å². The molecular formula is C3H6KN3S3. The summed E-state index contributed by atoms with van der Waals surface area (Å²) in [5.74, 6) is 0. The standard InChI is InChI=1S/C3H7N3S3.K/c1-4-2(7)5-6-3(8)9;/h1H3,(H2,4,5,7)(H2,6,8,9);/q;+1/p-1. The fourth-order valence-electron chi connectivity index (χ4n) is 0.170. The van der Waals surface area contributed by atoms with E-state index in [1.54, 1.807) is 7.05 Å². The van der Waals surface area contributed by atoms with Crippen molar-refractivity contribution in [2.75, 3.05) is 7.05 Å². The van der Waals surface area contributed by atoms with E-state index >= 15 is 0 Å². The van der Waals surface area contributed by atoms with E-state index in [9.17, 15) is 0 Å². The summed E-state index contributed by atoms with van der Waals surface area (Å²) in [4.78, 5) is 0. The van der Waals surface area contributed by atoms with Crippen LogP contribution in [0.25, 0.3) is 0 Å². The summed E-state index contributed by atoms with van der Waals surface area (Å²) >= 11 is 13.7. The summed E-state index contributed by atoms with van der Waals surface area (Å²) in [5, 5.41) is 3.13. The Bertz CT molecular complexity index is 128. The molecule has 0 aromatic carbocycles. The van der Waals surface area contributed by atoms with Crippen LogP contribution in [-0.2, 0) is 12.6 Å². The third kappa shape index (κ3) is 9.44. The van der Waals surface area contributed by atoms with E-state index in [1.165, 1.54) is 0 Å². The molecule has 3 nitrogen and oxygen atoms in total. The minimum absolute atomic E-state index is 0. The van der Waals surface area contributed by atoms with Crippen LogP contribution in [0.3, 0.4) is 0 Å². The average Bonchev–Trinajstić information content (AvgIpc) is 1.83. The molecule has 0 radical (unpaired) electrons. The van der Waals surface area contributed by atoms with Gasteiger partial charge in [0.15, 0.2) is 5.11 Å². The van der Waals surface area contributed by atoms with Gasteiger partial charge in [-0.25, -0.2) is 0 Å². The van der Waals surface area contributed by atoms with Crippen LogP contribution in [-0.4, -0.2) is 16.5 Å². The summed E-state index contributed by atoms with van der Waals surface area (Å²) in [6, 6.07) is 0. The maximum atomic E-state index is 4.68. The number of nitrogens with one attached hydrogen (secondary N) is 3. The zero-order valence-corrected chi connectivity index (χ0v) is 11.3. The first-order chi connectivity index (χ1) is 4.16. The van der Waals surface area contributed by atoms with Crippen LogP contribution >= 0.6 is 24.4 Å². The second-order valence-corrected chi connectivity index (χ2v) is 2.60. The van der Waals surface area contributed by atoms with Gasteiger partial charge in [0.05, 0.1) is 0 Å². The van der Waals surface area contributed by atoms with Gasteiger partial charge in [0.1, 0.15) is 0 Å². The van der Waals surface area contributed by atoms with E-state index in [4.69, 9.17) is 0 Å². The Morgan fingerprint density at radius 2 is 1.80 bits per heavy atom. The quantitative estimate of drug-likeness (QED) is 0.169. The second-order valence-electron chi connectivity index (χ2n) is 1.12. The van der Waals surface area contributed by atoms with Gasteiger partial charge in [-0.05, 0) is 16.5 Å². The average molecular weight is 219 g/mol. The molecule has 0 rings (SSSR count). The van der Waals surface area contributed by atoms with Gasteiger partial charge in [-0.2, -0.15) is 0 Å². The van der Waals surface area contributed by atoms with E-state index in [0.29, 0.717) is 5.11 Å². The van der Waals surface area contributed by atoms with E-state index in [1.807, 2.05) is 0 Å². The number of thiocarbonyl (C=S) groups is 2. The molecule has 0 aliphatic rings. The van der Waals surface area contributed by atoms with Crippen LogP contribution in [0.2, 0.25) is 0 Å². The van der Waals surface area contributed by atoms with Crippen molar-refractivity contribution >= 4 is 46.5 Å². The topological polar surface area (TPSA) is 36.1 Å². The van der Waals surface area contributed by atoms with Gasteiger partial charge in [-0.15, -0.1) is 0 Å². The molecule has 0 heterocycles. The molecule has 7 heteroatoms. The molecule has 0 saturated heterocycles. The van der Waals surface area contributed by atoms with Gasteiger partial charge in [0.25, 0.3) is 0 Å². The second kappa shape index (κ2) is 8.53. The molecule has 0 spiro atoms. The smallest absolute Gasteiger partial charge is 0.410 e. The van der Waals surface area contributed by atoms with Crippen LogP contribution < -0.4 is 67.6 Å². The maximum absolute atomic E-state index is 4.68. The molecule has 0 fully saturated rings. The predicted octanol–water partition coefficient (Wildman–Crippen LogP) is -3.58. The van der Waals surface area contributed by atoms with E-state index < -0.39 is 0 Å². The molecule has 0 aromatic heterocycles. The van der Waals surface area contributed by atoms with Crippen molar-refractivity contribution in [2.45, 2.75) is 0 Å². The van der Waals surface area contributed by atoms with Gasteiger partial charge in [0, 0.05) is 7.05 Å². The fourth-order valence-corrected chi connectivity index (χ4v) is 0.323. The van der Waals surface area contributed by atoms with Crippen LogP contribution in [0.4, 0.5) is 0 Å². The number of hydrazine groups is 1. The number of hydrogen-bond acceptors (Lipinski definition) is 3. The van der Waals surface area contributed by atoms with Gasteiger partial charge >= 0.3 is 51.4 Å². The molecule has 0 saturated carbocycles. The third-order valence-corrected chi connectivity index (χ3v) is 1.02. The summed E-state index contributed by atoms with van der Waals surface area (Å²) < 4.78 is 0.243. The molecule has 0 amide bonds. The van der Waals surface area contributed by atoms with E-state index in [-0.39, 0.29) is 55.7 Å². The predicted molar refractivity (Wildman–Crippen MR) is 47.9 cm³/mol. The van der Waals surface area contributed by atoms with Crippen molar-refractivity contribution in [3.8, 4) is 0 Å². The largest absolute Gasteiger partial charge is 1.00 e. The minimum Gasteiger partial charge on any atom is -0.410 e. The summed E-state index contributed by atoms with van der Waals surface area (Å²) in [7, 11) is 1.70. The molecule has 3 N–H and O–H groups in total. The monoisotopic (exact) mass is 219 g/mol.